The van der Waals surface area contributed by atoms with E-state index >= 15 is 0 Å². The lowest BCUT2D eigenvalue weighted by Gasteiger charge is -2.26. The Bertz CT molecular complexity index is 995. The number of nitrogens with zero attached hydrogens (tertiary/aromatic N) is 1. The van der Waals surface area contributed by atoms with Gasteiger partial charge in [0, 0.05) is 22.6 Å². The summed E-state index contributed by atoms with van der Waals surface area (Å²) in [7, 11) is 2.32. The van der Waals surface area contributed by atoms with Crippen LogP contribution < -0.4 is 18.9 Å². The topological polar surface area (TPSA) is 74.3 Å². The summed E-state index contributed by atoms with van der Waals surface area (Å²) in [5.74, 6) is 2.08. The van der Waals surface area contributed by atoms with Gasteiger partial charge in [-0.3, -0.25) is 0 Å². The highest BCUT2D eigenvalue weighted by atomic mass is 79.9. The first-order chi connectivity index (χ1) is 13.9. The minimum Gasteiger partial charge on any atom is -0.497 e. The van der Waals surface area contributed by atoms with E-state index < -0.39 is 10.0 Å². The quantitative estimate of drug-likeness (QED) is 0.589. The second-order valence-corrected chi connectivity index (χ2v) is 9.23. The third-order valence-electron chi connectivity index (χ3n) is 5.02. The van der Waals surface area contributed by atoms with E-state index in [-0.39, 0.29) is 10.9 Å². The first-order valence-electron chi connectivity index (χ1n) is 9.02. The Morgan fingerprint density at radius 3 is 2.21 bits per heavy atom. The Morgan fingerprint density at radius 1 is 0.931 bits per heavy atom. The van der Waals surface area contributed by atoms with Crippen LogP contribution in [0.1, 0.15) is 24.4 Å². The predicted molar refractivity (Wildman–Crippen MR) is 113 cm³/mol. The highest BCUT2D eigenvalue weighted by Crippen LogP contribution is 2.44. The normalized spacial score (nSPS) is 17.2. The van der Waals surface area contributed by atoms with E-state index in [2.05, 4.69) is 15.9 Å². The fraction of sp³-hybridized carbons (Fsp3) is 0.400. The van der Waals surface area contributed by atoms with Crippen LogP contribution in [0.5, 0.6) is 23.0 Å². The molecule has 0 amide bonds. The van der Waals surface area contributed by atoms with Gasteiger partial charge >= 0.3 is 0 Å². The molecule has 29 heavy (non-hydrogen) atoms. The molecule has 0 aromatic heterocycles. The van der Waals surface area contributed by atoms with Gasteiger partial charge in [-0.1, -0.05) is 0 Å². The number of sulfonamides is 1. The third-order valence-corrected chi connectivity index (χ3v) is 7.89. The summed E-state index contributed by atoms with van der Waals surface area (Å²) in [6.07, 6.45) is 1.43. The molecule has 1 unspecified atom stereocenters. The number of halogens is 1. The Morgan fingerprint density at radius 2 is 1.59 bits per heavy atom. The van der Waals surface area contributed by atoms with E-state index in [1.54, 1.807) is 32.4 Å². The minimum absolute atomic E-state index is 0.129. The van der Waals surface area contributed by atoms with Gasteiger partial charge in [0.05, 0.1) is 34.5 Å². The molecule has 0 spiro atoms. The van der Waals surface area contributed by atoms with Crippen LogP contribution in [0.4, 0.5) is 0 Å². The third kappa shape index (κ3) is 4.04. The lowest BCUT2D eigenvalue weighted by molar-refractivity contribution is 0.351. The van der Waals surface area contributed by atoms with Crippen molar-refractivity contribution in [3.8, 4) is 23.0 Å². The Kier molecular flexibility index (Phi) is 6.60. The number of ether oxygens (including phenoxy) is 4. The number of rotatable bonds is 7. The van der Waals surface area contributed by atoms with Gasteiger partial charge in [0.1, 0.15) is 16.4 Å². The molecule has 2 aromatic carbocycles. The maximum atomic E-state index is 13.6. The zero-order valence-corrected chi connectivity index (χ0v) is 19.2. The minimum atomic E-state index is -3.81. The Hall–Kier alpha value is -1.97. The monoisotopic (exact) mass is 485 g/mol. The highest BCUT2D eigenvalue weighted by Gasteiger charge is 2.39. The van der Waals surface area contributed by atoms with Gasteiger partial charge in [-0.2, -0.15) is 4.31 Å². The van der Waals surface area contributed by atoms with Crippen molar-refractivity contribution in [3.05, 3.63) is 40.4 Å². The van der Waals surface area contributed by atoms with Crippen LogP contribution in [0, 0.1) is 0 Å². The Balaban J connectivity index is 2.08. The van der Waals surface area contributed by atoms with E-state index in [4.69, 9.17) is 18.9 Å². The summed E-state index contributed by atoms with van der Waals surface area (Å²) >= 11 is 3.38. The van der Waals surface area contributed by atoms with Crippen molar-refractivity contribution in [3.63, 3.8) is 0 Å². The number of hydrogen-bond donors (Lipinski definition) is 0. The highest BCUT2D eigenvalue weighted by molar-refractivity contribution is 9.10. The van der Waals surface area contributed by atoms with Crippen LogP contribution in [0.3, 0.4) is 0 Å². The van der Waals surface area contributed by atoms with Crippen molar-refractivity contribution in [1.82, 2.24) is 4.31 Å². The molecule has 0 saturated carbocycles. The van der Waals surface area contributed by atoms with Crippen molar-refractivity contribution >= 4 is 26.0 Å². The van der Waals surface area contributed by atoms with Crippen molar-refractivity contribution in [1.29, 1.82) is 0 Å². The summed E-state index contributed by atoms with van der Waals surface area (Å²) in [4.78, 5) is 0.129. The first kappa shape index (κ1) is 21.7. The summed E-state index contributed by atoms with van der Waals surface area (Å²) in [6.45, 7) is 0.411. The second-order valence-electron chi connectivity index (χ2n) is 6.52. The molecule has 3 rings (SSSR count). The molecule has 0 N–H and O–H groups in total. The molecule has 0 aliphatic carbocycles. The van der Waals surface area contributed by atoms with E-state index in [9.17, 15) is 8.42 Å². The van der Waals surface area contributed by atoms with Crippen molar-refractivity contribution < 1.29 is 27.4 Å². The van der Waals surface area contributed by atoms with E-state index in [0.717, 1.165) is 12.0 Å². The summed E-state index contributed by atoms with van der Waals surface area (Å²) in [5, 5.41) is 0. The average Bonchev–Trinajstić information content (AvgIpc) is 3.23. The van der Waals surface area contributed by atoms with Gasteiger partial charge in [-0.05, 0) is 53.0 Å². The molecule has 0 bridgehead atoms. The van der Waals surface area contributed by atoms with Gasteiger partial charge < -0.3 is 18.9 Å². The predicted octanol–water partition coefficient (Wildman–Crippen LogP) is 4.01. The number of hydrogen-bond acceptors (Lipinski definition) is 6. The first-order valence-corrected chi connectivity index (χ1v) is 11.3. The fourth-order valence-electron chi connectivity index (χ4n) is 3.60. The van der Waals surface area contributed by atoms with Crippen molar-refractivity contribution in [2.24, 2.45) is 0 Å². The van der Waals surface area contributed by atoms with E-state index in [1.807, 2.05) is 6.07 Å². The molecule has 0 radical (unpaired) electrons. The SMILES string of the molecule is COc1ccc(OC)c(C2CCCN2S(=O)(=O)c2cc(OC)c(OC)cc2Br)c1. The molecule has 1 saturated heterocycles. The molecular weight excluding hydrogens is 462 g/mol. The zero-order valence-electron chi connectivity index (χ0n) is 16.8. The van der Waals surface area contributed by atoms with E-state index in [0.29, 0.717) is 40.4 Å². The molecule has 9 heteroatoms. The van der Waals surface area contributed by atoms with Crippen LogP contribution in [0.2, 0.25) is 0 Å². The number of methoxy groups -OCH3 is 4. The van der Waals surface area contributed by atoms with Gasteiger partial charge in [0.25, 0.3) is 0 Å². The molecule has 1 atom stereocenters. The van der Waals surface area contributed by atoms with Gasteiger partial charge in [0.15, 0.2) is 11.5 Å². The van der Waals surface area contributed by atoms with Gasteiger partial charge in [0.2, 0.25) is 10.0 Å². The molecule has 158 valence electrons. The molecule has 1 heterocycles. The lowest BCUT2D eigenvalue weighted by Crippen LogP contribution is -2.31. The van der Waals surface area contributed by atoms with E-state index in [1.165, 1.54) is 24.6 Å². The van der Waals surface area contributed by atoms with Crippen LogP contribution in [0.15, 0.2) is 39.7 Å². The molecular formula is C20H24BrNO6S. The van der Waals surface area contributed by atoms with Gasteiger partial charge in [-0.15, -0.1) is 0 Å². The summed E-state index contributed by atoms with van der Waals surface area (Å²) in [5.41, 5.74) is 0.782. The molecule has 2 aromatic rings. The standard InChI is InChI=1S/C20H24BrNO6S/c1-25-13-7-8-17(26-2)14(10-13)16-6-5-9-22(16)29(23,24)20-12-19(28-4)18(27-3)11-15(20)21/h7-8,10-12,16H,5-6,9H2,1-4H3. The average molecular weight is 486 g/mol. The van der Waals surface area contributed by atoms with Crippen LogP contribution >= 0.6 is 15.9 Å². The second kappa shape index (κ2) is 8.81. The lowest BCUT2D eigenvalue weighted by atomic mass is 10.0. The smallest absolute Gasteiger partial charge is 0.244 e. The molecule has 1 fully saturated rings. The van der Waals surface area contributed by atoms with Crippen molar-refractivity contribution in [2.75, 3.05) is 35.0 Å². The summed E-state index contributed by atoms with van der Waals surface area (Å²) in [6, 6.07) is 8.15. The molecule has 1 aliphatic heterocycles. The maximum absolute atomic E-state index is 13.6. The maximum Gasteiger partial charge on any atom is 0.244 e. The largest absolute Gasteiger partial charge is 0.497 e. The van der Waals surface area contributed by atoms with Crippen LogP contribution in [-0.4, -0.2) is 47.7 Å². The molecule has 1 aliphatic rings. The van der Waals surface area contributed by atoms with Crippen molar-refractivity contribution in [2.45, 2.75) is 23.8 Å². The van der Waals surface area contributed by atoms with Crippen LogP contribution in [0.25, 0.3) is 0 Å². The number of benzene rings is 2. The van der Waals surface area contributed by atoms with Gasteiger partial charge in [-0.25, -0.2) is 8.42 Å². The Labute approximate surface area is 179 Å². The van der Waals surface area contributed by atoms with Crippen LogP contribution in [-0.2, 0) is 10.0 Å². The summed E-state index contributed by atoms with van der Waals surface area (Å²) < 4.78 is 50.5. The fourth-order valence-corrected chi connectivity index (χ4v) is 6.27. The zero-order chi connectivity index (χ0) is 21.2. The molecule has 7 nitrogen and oxygen atoms in total.